The number of Topliss-reactive ketones (excluding diaryl/α,β-unsaturated/α-hetero) is 2. The third kappa shape index (κ3) is 16.0. The summed E-state index contributed by atoms with van der Waals surface area (Å²) in [7, 11) is 0. The number of aliphatic hydroxyl groups excluding tert-OH is 6. The van der Waals surface area contributed by atoms with Gasteiger partial charge in [-0.25, -0.2) is 4.79 Å². The number of halogens is 2. The van der Waals surface area contributed by atoms with Crippen LogP contribution in [0, 0.1) is 17.8 Å². The number of phenolic OH excluding ortho intramolecular Hbond substituents is 3. The highest BCUT2D eigenvalue weighted by Crippen LogP contribution is 2.50. The van der Waals surface area contributed by atoms with Crippen molar-refractivity contribution in [3.8, 4) is 57.1 Å². The molecule has 5 amide bonds. The second-order valence-corrected chi connectivity index (χ2v) is 27.4. The number of nitrogens with one attached hydrogen (secondary N) is 4. The lowest BCUT2D eigenvalue weighted by Crippen LogP contribution is -2.64. The van der Waals surface area contributed by atoms with E-state index in [1.807, 2.05) is 13.8 Å². The number of carbonyl (C=O) groups excluding carboxylic acids is 7. The molecule has 0 spiro atoms. The van der Waals surface area contributed by atoms with Gasteiger partial charge in [-0.05, 0) is 109 Å². The molecule has 5 aromatic carbocycles. The number of carboxylic acid groups (broad SMARTS) is 1. The number of aliphatic carboxylic acids is 1. The van der Waals surface area contributed by atoms with Crippen LogP contribution >= 0.6 is 23.2 Å². The maximum atomic E-state index is 16.2. The highest BCUT2D eigenvalue weighted by atomic mass is 35.5. The fraction of sp³-hybridized carbons (Fsp3) is 0.449. The molecule has 11 bridgehead atoms. The molecule has 18 N–H and O–H groups in total. The number of benzene rings is 5. The van der Waals surface area contributed by atoms with Gasteiger partial charge >= 0.3 is 5.97 Å². The van der Waals surface area contributed by atoms with Crippen LogP contribution in [-0.2, 0) is 52.6 Å². The summed E-state index contributed by atoms with van der Waals surface area (Å²) in [6.07, 6.45) is -19.8. The minimum absolute atomic E-state index is 0.0143. The molecule has 32 heteroatoms. The van der Waals surface area contributed by atoms with Crippen molar-refractivity contribution in [2.24, 2.45) is 29.2 Å². The summed E-state index contributed by atoms with van der Waals surface area (Å²) in [6.45, 7) is 7.55. The zero-order valence-corrected chi connectivity index (χ0v) is 56.5. The Labute approximate surface area is 586 Å². The number of phenols is 3. The monoisotopic (exact) mass is 1440 g/mol. The van der Waals surface area contributed by atoms with Crippen molar-refractivity contribution in [3.05, 3.63) is 117 Å². The number of amides is 5. The number of ketones is 2. The highest BCUT2D eigenvalue weighted by Gasteiger charge is 2.51. The van der Waals surface area contributed by atoms with Crippen molar-refractivity contribution in [3.63, 3.8) is 0 Å². The van der Waals surface area contributed by atoms with Gasteiger partial charge in [-0.2, -0.15) is 0 Å². The molecule has 2 fully saturated rings. The van der Waals surface area contributed by atoms with Gasteiger partial charge < -0.3 is 112 Å². The number of primary amides is 1. The Hall–Kier alpha value is -8.76. The average Bonchev–Trinajstić information content (AvgIpc) is 0.775. The van der Waals surface area contributed by atoms with Crippen molar-refractivity contribution in [2.45, 2.75) is 170 Å². The summed E-state index contributed by atoms with van der Waals surface area (Å²) in [4.78, 5) is 117. The second kappa shape index (κ2) is 30.4. The summed E-state index contributed by atoms with van der Waals surface area (Å²) in [5.41, 5.74) is 8.53. The summed E-state index contributed by atoms with van der Waals surface area (Å²) >= 11 is 14.2. The van der Waals surface area contributed by atoms with Crippen molar-refractivity contribution in [2.75, 3.05) is 6.61 Å². The Morgan fingerprint density at radius 1 is 0.743 bits per heavy atom. The molecule has 0 radical (unpaired) electrons. The molecule has 7 aliphatic heterocycles. The molecule has 12 rings (SSSR count). The van der Waals surface area contributed by atoms with Crippen LogP contribution in [-0.4, -0.2) is 172 Å². The zero-order chi connectivity index (χ0) is 73.5. The third-order valence-electron chi connectivity index (χ3n) is 18.6. The predicted molar refractivity (Wildman–Crippen MR) is 353 cm³/mol. The number of aliphatic hydroxyl groups is 6. The highest BCUT2D eigenvalue weighted by molar-refractivity contribution is 6.32. The molecule has 18 atom stereocenters. The number of aromatic hydroxyl groups is 3. The van der Waals surface area contributed by atoms with Gasteiger partial charge in [0.15, 0.2) is 41.5 Å². The van der Waals surface area contributed by atoms with Crippen LogP contribution in [0.2, 0.25) is 10.0 Å². The molecule has 30 nitrogen and oxygen atoms in total. The number of fused-ring (bicyclic) bond motifs is 15. The van der Waals surface area contributed by atoms with Crippen molar-refractivity contribution >= 4 is 70.3 Å². The standard InChI is InChI=1S/C69H78Cl2N6O24/c1-6-28(13-26(2)3)63(90)76-54-42(82)17-33(20-49(72)84)64(91)74-52-32-18-46(97-44-11-8-30(56(54)85)15-38(44)70)60(101-68-61(59(88)58(87)48(25-78)99-68)100-50-24-69(5,73)62(89)27(4)96-50)47(19-32)98-45-12-9-31(16-39(45)71)57(86)55-66(93)75-53(67(94)95)37-21-34(79)22-41(81)51(37)36-14-29(7-10-40(36)80)35(23-43(52)83)65(92)77-55/h7-12,14-16,18-19,21-22,26-28,33,35,48,50,52-59,61-62,68,78-81,85-89H,6,13,17,20,23-25,73H2,1-5H3,(H2,72,84)(H,74,91)(H,75,93)(H,76,90)(H,77,92)(H,94,95)/t27-,28+,33-,35+,48?,50-,52+,53+,54-,55?,56+,57+,58+,59?,61?,62+,68-,69?/m0/s1. The maximum absolute atomic E-state index is 16.2. The van der Waals surface area contributed by atoms with Gasteiger partial charge in [-0.15, -0.1) is 0 Å². The minimum atomic E-state index is -2.24. The number of hydrogen-bond acceptors (Lipinski definition) is 24. The number of carbonyl (C=O) groups is 8. The van der Waals surface area contributed by atoms with Gasteiger partial charge in [0, 0.05) is 59.9 Å². The van der Waals surface area contributed by atoms with Crippen LogP contribution in [0.5, 0.6) is 46.0 Å². The number of ether oxygens (including phenoxy) is 6. The van der Waals surface area contributed by atoms with E-state index in [1.54, 1.807) is 6.92 Å². The normalized spacial score (nSPS) is 29.6. The molecule has 5 unspecified atom stereocenters. The van der Waals surface area contributed by atoms with Gasteiger partial charge in [0.1, 0.15) is 77.4 Å². The smallest absolute Gasteiger partial charge is 0.330 e. The Bertz CT molecular complexity index is 4060. The van der Waals surface area contributed by atoms with Crippen LogP contribution in [0.1, 0.15) is 131 Å². The van der Waals surface area contributed by atoms with E-state index in [2.05, 4.69) is 21.3 Å². The van der Waals surface area contributed by atoms with Crippen molar-refractivity contribution in [1.82, 2.24) is 21.3 Å². The Morgan fingerprint density at radius 2 is 1.38 bits per heavy atom. The van der Waals surface area contributed by atoms with E-state index < -0.39 is 238 Å². The van der Waals surface area contributed by atoms with Gasteiger partial charge in [-0.3, -0.25) is 33.6 Å². The van der Waals surface area contributed by atoms with Crippen molar-refractivity contribution < 1.29 is 118 Å². The van der Waals surface area contributed by atoms with Gasteiger partial charge in [0.25, 0.3) is 0 Å². The molecule has 7 heterocycles. The minimum Gasteiger partial charge on any atom is -0.508 e. The van der Waals surface area contributed by atoms with E-state index in [0.717, 1.165) is 54.6 Å². The quantitative estimate of drug-likeness (QED) is 0.0801. The molecule has 101 heavy (non-hydrogen) atoms. The van der Waals surface area contributed by atoms with Crippen LogP contribution < -0.4 is 46.9 Å². The van der Waals surface area contributed by atoms with Crippen molar-refractivity contribution in [1.29, 1.82) is 0 Å². The molecular weight excluding hydrogens is 1370 g/mol. The van der Waals surface area contributed by atoms with E-state index in [-0.39, 0.29) is 51.1 Å². The van der Waals surface area contributed by atoms with Gasteiger partial charge in [-0.1, -0.05) is 62.2 Å². The lowest BCUT2D eigenvalue weighted by atomic mass is 9.84. The largest absolute Gasteiger partial charge is 0.508 e. The summed E-state index contributed by atoms with van der Waals surface area (Å²) in [5, 5.41) is 123. The van der Waals surface area contributed by atoms with E-state index in [4.69, 9.17) is 63.1 Å². The molecule has 7 aliphatic rings. The Kier molecular flexibility index (Phi) is 22.6. The summed E-state index contributed by atoms with van der Waals surface area (Å²) in [6, 6.07) is 5.66. The van der Waals surface area contributed by atoms with Crippen LogP contribution in [0.4, 0.5) is 0 Å². The number of rotatable bonds is 13. The van der Waals surface area contributed by atoms with Gasteiger partial charge in [0.2, 0.25) is 41.6 Å². The number of hydrogen-bond donors (Lipinski definition) is 16. The first-order valence-electron chi connectivity index (χ1n) is 32.4. The molecule has 0 aromatic heterocycles. The molecule has 5 aromatic rings. The Balaban J connectivity index is 1.24. The second-order valence-electron chi connectivity index (χ2n) is 26.6. The van der Waals surface area contributed by atoms with E-state index in [1.165, 1.54) is 38.1 Å². The first kappa shape index (κ1) is 74.9. The summed E-state index contributed by atoms with van der Waals surface area (Å²) < 4.78 is 38.5. The fourth-order valence-corrected chi connectivity index (χ4v) is 13.7. The summed E-state index contributed by atoms with van der Waals surface area (Å²) in [5.74, 6) is -18.9. The lowest BCUT2D eigenvalue weighted by molar-refractivity contribution is -0.333. The maximum Gasteiger partial charge on any atom is 0.330 e. The third-order valence-corrected chi connectivity index (χ3v) is 19.2. The van der Waals surface area contributed by atoms with Crippen LogP contribution in [0.25, 0.3) is 11.1 Å². The topological polar surface area (TPSA) is 494 Å². The molecular formula is C69H78Cl2N6O24. The van der Waals surface area contributed by atoms with E-state index in [9.17, 15) is 75.0 Å². The van der Waals surface area contributed by atoms with E-state index in [0.29, 0.717) is 12.8 Å². The van der Waals surface area contributed by atoms with E-state index >= 15 is 14.4 Å². The van der Waals surface area contributed by atoms with Crippen LogP contribution in [0.15, 0.2) is 78.9 Å². The first-order chi connectivity index (χ1) is 47.7. The SMILES string of the molecule is CC[C@H](CC(C)C)C(=O)N[C@H]1C(=O)C[C@@H](CC(N)=O)C(=O)N[C@H]2C(=O)C[C@H]3C(=O)NC(C(=O)N[C@@H](C(=O)O)c4cc(O)cc(O)c4-c4cc3ccc4O)[C@H](O)c3ccc(c(Cl)c3)Oc3cc2cc(c3O[C@@H]2OC(CO)[C@@H](O)C(O)C2O[C@H]2CC(C)(N)[C@H](O)[C@H](C)O2)Oc2ccc(cc2Cl)[C@H]1O. The fourth-order valence-electron chi connectivity index (χ4n) is 13.2. The molecule has 2 saturated heterocycles. The molecule has 0 aliphatic carbocycles. The van der Waals surface area contributed by atoms with Crippen LogP contribution in [0.3, 0.4) is 0 Å². The Morgan fingerprint density at radius 3 is 1.96 bits per heavy atom. The number of nitrogens with two attached hydrogens (primary N) is 2. The molecule has 542 valence electrons. The molecule has 0 saturated carbocycles. The van der Waals surface area contributed by atoms with Gasteiger partial charge in [0.05, 0.1) is 40.7 Å². The predicted octanol–water partition coefficient (Wildman–Crippen LogP) is 3.52. The zero-order valence-electron chi connectivity index (χ0n) is 54.9. The number of carboxylic acids is 1. The lowest BCUT2D eigenvalue weighted by Gasteiger charge is -2.47. The average molecular weight is 1450 g/mol. The first-order valence-corrected chi connectivity index (χ1v) is 33.2.